The number of halogens is 1. The highest BCUT2D eigenvalue weighted by molar-refractivity contribution is 14.1. The van der Waals surface area contributed by atoms with Gasteiger partial charge >= 0.3 is 0 Å². The molecular formula is C11H18INO2. The summed E-state index contributed by atoms with van der Waals surface area (Å²) in [5, 5.41) is 0. The fourth-order valence-corrected chi connectivity index (χ4v) is 3.16. The van der Waals surface area contributed by atoms with E-state index in [2.05, 4.69) is 13.8 Å². The van der Waals surface area contributed by atoms with Gasteiger partial charge in [0.2, 0.25) is 11.8 Å². The summed E-state index contributed by atoms with van der Waals surface area (Å²) in [7, 11) is 0. The normalized spacial score (nSPS) is 28.7. The van der Waals surface area contributed by atoms with E-state index in [1.807, 2.05) is 29.8 Å². The number of imide groups is 1. The molecule has 3 nitrogen and oxygen atoms in total. The summed E-state index contributed by atoms with van der Waals surface area (Å²) in [6.07, 6.45) is 3.09. The van der Waals surface area contributed by atoms with Crippen molar-refractivity contribution < 1.29 is 9.59 Å². The van der Waals surface area contributed by atoms with Crippen LogP contribution >= 0.6 is 22.9 Å². The van der Waals surface area contributed by atoms with Crippen LogP contribution in [-0.2, 0) is 9.59 Å². The van der Waals surface area contributed by atoms with Crippen molar-refractivity contribution >= 4 is 34.7 Å². The topological polar surface area (TPSA) is 37.4 Å². The summed E-state index contributed by atoms with van der Waals surface area (Å²) in [5.41, 5.74) is 0. The Bertz CT molecular complexity index is 267. The van der Waals surface area contributed by atoms with Gasteiger partial charge in [-0.05, 0) is 12.3 Å². The molecule has 1 aliphatic heterocycles. The summed E-state index contributed by atoms with van der Waals surface area (Å²) in [4.78, 5) is 23.5. The minimum absolute atomic E-state index is 0.00778. The average Bonchev–Trinajstić information content (AvgIpc) is 2.41. The molecule has 0 aromatic rings. The first kappa shape index (κ1) is 12.9. The zero-order valence-electron chi connectivity index (χ0n) is 9.50. The Balaban J connectivity index is 2.84. The van der Waals surface area contributed by atoms with Gasteiger partial charge < -0.3 is 0 Å². The van der Waals surface area contributed by atoms with Crippen molar-refractivity contribution in [3.63, 3.8) is 0 Å². The first-order valence-electron chi connectivity index (χ1n) is 5.58. The smallest absolute Gasteiger partial charge is 0.242 e. The van der Waals surface area contributed by atoms with Gasteiger partial charge in [-0.2, -0.15) is 0 Å². The molecule has 3 atom stereocenters. The molecule has 1 aliphatic rings. The predicted molar refractivity (Wildman–Crippen MR) is 67.2 cm³/mol. The molecule has 15 heavy (non-hydrogen) atoms. The monoisotopic (exact) mass is 323 g/mol. The third kappa shape index (κ3) is 2.34. The van der Waals surface area contributed by atoms with E-state index < -0.39 is 0 Å². The van der Waals surface area contributed by atoms with Gasteiger partial charge in [0, 0.05) is 5.92 Å². The number of nitrogens with zero attached hydrogens (tertiary/aromatic N) is 1. The Morgan fingerprint density at radius 3 is 2.27 bits per heavy atom. The van der Waals surface area contributed by atoms with Crippen molar-refractivity contribution in [1.29, 1.82) is 0 Å². The van der Waals surface area contributed by atoms with Crippen LogP contribution in [0.15, 0.2) is 0 Å². The van der Waals surface area contributed by atoms with E-state index in [1.165, 1.54) is 3.11 Å². The van der Waals surface area contributed by atoms with Crippen molar-refractivity contribution in [2.75, 3.05) is 0 Å². The highest BCUT2D eigenvalue weighted by atomic mass is 127. The third-order valence-corrected chi connectivity index (χ3v) is 4.24. The second-order valence-electron chi connectivity index (χ2n) is 4.23. The first-order valence-corrected chi connectivity index (χ1v) is 6.54. The molecule has 1 fully saturated rings. The second kappa shape index (κ2) is 5.27. The minimum Gasteiger partial charge on any atom is -0.273 e. The van der Waals surface area contributed by atoms with Crippen LogP contribution in [0.3, 0.4) is 0 Å². The van der Waals surface area contributed by atoms with Crippen LogP contribution in [-0.4, -0.2) is 14.9 Å². The number of carbonyl (C=O) groups is 2. The maximum Gasteiger partial charge on any atom is 0.242 e. The van der Waals surface area contributed by atoms with Gasteiger partial charge in [-0.25, -0.2) is 3.11 Å². The molecular weight excluding hydrogens is 305 g/mol. The molecule has 1 saturated heterocycles. The molecule has 4 heteroatoms. The summed E-state index contributed by atoms with van der Waals surface area (Å²) in [6.45, 7) is 6.10. The van der Waals surface area contributed by atoms with Crippen LogP contribution in [0.5, 0.6) is 0 Å². The van der Waals surface area contributed by atoms with Gasteiger partial charge in [-0.3, -0.25) is 9.59 Å². The van der Waals surface area contributed by atoms with E-state index in [0.29, 0.717) is 5.92 Å². The largest absolute Gasteiger partial charge is 0.273 e. The van der Waals surface area contributed by atoms with Crippen molar-refractivity contribution in [2.24, 2.45) is 17.8 Å². The molecule has 2 amide bonds. The lowest BCUT2D eigenvalue weighted by atomic mass is 9.80. The molecule has 0 bridgehead atoms. The number of hydrogen-bond donors (Lipinski definition) is 0. The van der Waals surface area contributed by atoms with Crippen LogP contribution < -0.4 is 0 Å². The summed E-state index contributed by atoms with van der Waals surface area (Å²) in [5.74, 6) is 0.125. The number of rotatable bonds is 4. The van der Waals surface area contributed by atoms with E-state index in [0.717, 1.165) is 19.3 Å². The van der Waals surface area contributed by atoms with Crippen LogP contribution in [0.2, 0.25) is 0 Å². The molecule has 0 aromatic heterocycles. The molecule has 0 saturated carbocycles. The predicted octanol–water partition coefficient (Wildman–Crippen LogP) is 2.78. The Labute approximate surface area is 105 Å². The van der Waals surface area contributed by atoms with Gasteiger partial charge in [-0.1, -0.05) is 33.6 Å². The van der Waals surface area contributed by atoms with Gasteiger partial charge in [0.05, 0.1) is 28.8 Å². The fourth-order valence-electron chi connectivity index (χ4n) is 2.40. The number of carbonyl (C=O) groups excluding carboxylic acids is 2. The maximum absolute atomic E-state index is 11.9. The first-order chi connectivity index (χ1) is 7.04. The highest BCUT2D eigenvalue weighted by Crippen LogP contribution is 2.37. The zero-order chi connectivity index (χ0) is 11.6. The third-order valence-electron chi connectivity index (χ3n) is 3.29. The molecule has 0 aromatic carbocycles. The molecule has 86 valence electrons. The minimum atomic E-state index is -0.133. The Kier molecular flexibility index (Phi) is 4.55. The SMILES string of the molecule is CCCC(CC)C1C(=O)N(I)C(=O)C1C. The molecule has 0 spiro atoms. The lowest BCUT2D eigenvalue weighted by Crippen LogP contribution is -2.25. The van der Waals surface area contributed by atoms with E-state index in [-0.39, 0.29) is 23.7 Å². The maximum atomic E-state index is 11.9. The Hall–Kier alpha value is -0.130. The standard InChI is InChI=1S/C11H18INO2/c1-4-6-8(5-2)9-7(3)10(14)13(12)11(9)15/h7-9H,4-6H2,1-3H3. The van der Waals surface area contributed by atoms with Gasteiger partial charge in [0.15, 0.2) is 0 Å². The lowest BCUT2D eigenvalue weighted by Gasteiger charge is -2.21. The van der Waals surface area contributed by atoms with Crippen molar-refractivity contribution in [1.82, 2.24) is 3.11 Å². The van der Waals surface area contributed by atoms with Crippen LogP contribution in [0.1, 0.15) is 40.0 Å². The van der Waals surface area contributed by atoms with Crippen molar-refractivity contribution in [3.05, 3.63) is 0 Å². The van der Waals surface area contributed by atoms with E-state index in [4.69, 9.17) is 0 Å². The molecule has 0 aliphatic carbocycles. The van der Waals surface area contributed by atoms with Crippen LogP contribution in [0.25, 0.3) is 0 Å². The van der Waals surface area contributed by atoms with Gasteiger partial charge in [-0.15, -0.1) is 0 Å². The van der Waals surface area contributed by atoms with E-state index >= 15 is 0 Å². The van der Waals surface area contributed by atoms with Crippen LogP contribution in [0, 0.1) is 17.8 Å². The van der Waals surface area contributed by atoms with Crippen molar-refractivity contribution in [3.8, 4) is 0 Å². The van der Waals surface area contributed by atoms with E-state index in [9.17, 15) is 9.59 Å². The summed E-state index contributed by atoms with van der Waals surface area (Å²) in [6, 6.07) is 0. The van der Waals surface area contributed by atoms with Gasteiger partial charge in [0.1, 0.15) is 0 Å². The lowest BCUT2D eigenvalue weighted by molar-refractivity contribution is -0.132. The number of hydrogen-bond acceptors (Lipinski definition) is 2. The molecule has 3 unspecified atom stereocenters. The van der Waals surface area contributed by atoms with E-state index in [1.54, 1.807) is 0 Å². The zero-order valence-corrected chi connectivity index (χ0v) is 11.7. The Morgan fingerprint density at radius 2 is 1.93 bits per heavy atom. The fraction of sp³-hybridized carbons (Fsp3) is 0.818. The summed E-state index contributed by atoms with van der Waals surface area (Å²) >= 11 is 1.83. The molecule has 1 rings (SSSR count). The van der Waals surface area contributed by atoms with Crippen LogP contribution in [0.4, 0.5) is 0 Å². The summed E-state index contributed by atoms with van der Waals surface area (Å²) < 4.78 is 1.27. The molecule has 0 N–H and O–H groups in total. The number of amides is 2. The second-order valence-corrected chi connectivity index (χ2v) is 5.19. The highest BCUT2D eigenvalue weighted by Gasteiger charge is 2.46. The average molecular weight is 323 g/mol. The molecule has 0 radical (unpaired) electrons. The van der Waals surface area contributed by atoms with Crippen molar-refractivity contribution in [2.45, 2.75) is 40.0 Å². The van der Waals surface area contributed by atoms with Gasteiger partial charge in [0.25, 0.3) is 0 Å². The molecule has 1 heterocycles. The Morgan fingerprint density at radius 1 is 1.33 bits per heavy atom. The quantitative estimate of drug-likeness (QED) is 0.453.